The van der Waals surface area contributed by atoms with Gasteiger partial charge in [-0.05, 0) is 6.42 Å². The number of carbonyl (C=O) groups is 1. The van der Waals surface area contributed by atoms with Crippen LogP contribution in [-0.4, -0.2) is 28.8 Å². The maximum atomic E-state index is 10.3. The van der Waals surface area contributed by atoms with Crippen LogP contribution in [0.3, 0.4) is 0 Å². The Kier molecular flexibility index (Phi) is 3.99. The van der Waals surface area contributed by atoms with Gasteiger partial charge in [-0.3, -0.25) is 4.79 Å². The standard InChI is InChI=1S/C6H13NO3/c1-2-5(8)4(3-7)6(9)10/h4-5,8H,2-3,7H2,1H3,(H,9,10)/t4-,5+/m0/s1. The second-order valence-electron chi connectivity index (χ2n) is 2.16. The summed E-state index contributed by atoms with van der Waals surface area (Å²) in [6.07, 6.45) is -0.392. The Hall–Kier alpha value is -0.610. The van der Waals surface area contributed by atoms with Crippen molar-refractivity contribution in [2.75, 3.05) is 6.54 Å². The molecule has 0 aliphatic rings. The van der Waals surface area contributed by atoms with Gasteiger partial charge in [0.15, 0.2) is 0 Å². The Morgan fingerprint density at radius 1 is 1.70 bits per heavy atom. The van der Waals surface area contributed by atoms with Crippen molar-refractivity contribution >= 4 is 5.97 Å². The van der Waals surface area contributed by atoms with Crippen molar-refractivity contribution in [3.05, 3.63) is 0 Å². The van der Waals surface area contributed by atoms with Gasteiger partial charge in [-0.1, -0.05) is 6.92 Å². The normalized spacial score (nSPS) is 16.3. The van der Waals surface area contributed by atoms with Crippen molar-refractivity contribution in [2.45, 2.75) is 19.4 Å². The SMILES string of the molecule is CC[C@@H](O)[C@H](CN)C(=O)O. The molecule has 0 spiro atoms. The molecule has 0 aromatic carbocycles. The van der Waals surface area contributed by atoms with Gasteiger partial charge in [0, 0.05) is 6.54 Å². The average molecular weight is 147 g/mol. The molecule has 0 aliphatic carbocycles. The van der Waals surface area contributed by atoms with E-state index in [2.05, 4.69) is 0 Å². The first kappa shape index (κ1) is 9.39. The van der Waals surface area contributed by atoms with E-state index < -0.39 is 18.0 Å². The molecule has 60 valence electrons. The summed E-state index contributed by atoms with van der Waals surface area (Å²) in [5, 5.41) is 17.5. The number of nitrogens with two attached hydrogens (primary N) is 1. The number of aliphatic hydroxyl groups excluding tert-OH is 1. The van der Waals surface area contributed by atoms with Crippen LogP contribution in [0.2, 0.25) is 0 Å². The van der Waals surface area contributed by atoms with Gasteiger partial charge in [-0.2, -0.15) is 0 Å². The first-order chi connectivity index (χ1) is 4.63. The summed E-state index contributed by atoms with van der Waals surface area (Å²) in [7, 11) is 0. The molecule has 0 unspecified atom stereocenters. The van der Waals surface area contributed by atoms with E-state index >= 15 is 0 Å². The molecule has 0 fully saturated rings. The van der Waals surface area contributed by atoms with Crippen molar-refractivity contribution in [2.24, 2.45) is 11.7 Å². The number of aliphatic hydroxyl groups is 1. The zero-order valence-corrected chi connectivity index (χ0v) is 5.95. The highest BCUT2D eigenvalue weighted by molar-refractivity contribution is 5.70. The van der Waals surface area contributed by atoms with Crippen LogP contribution in [0.25, 0.3) is 0 Å². The highest BCUT2D eigenvalue weighted by Crippen LogP contribution is 2.05. The smallest absolute Gasteiger partial charge is 0.310 e. The van der Waals surface area contributed by atoms with Crippen LogP contribution in [0.5, 0.6) is 0 Å². The molecular formula is C6H13NO3. The lowest BCUT2D eigenvalue weighted by Gasteiger charge is -2.14. The van der Waals surface area contributed by atoms with E-state index in [1.807, 2.05) is 0 Å². The van der Waals surface area contributed by atoms with Crippen molar-refractivity contribution in [3.63, 3.8) is 0 Å². The molecule has 0 aromatic heterocycles. The van der Waals surface area contributed by atoms with Gasteiger partial charge in [-0.25, -0.2) is 0 Å². The molecule has 4 heteroatoms. The first-order valence-corrected chi connectivity index (χ1v) is 3.24. The molecule has 4 nitrogen and oxygen atoms in total. The molecule has 0 amide bonds. The van der Waals surface area contributed by atoms with Crippen LogP contribution in [0.4, 0.5) is 0 Å². The largest absolute Gasteiger partial charge is 0.481 e. The monoisotopic (exact) mass is 147 g/mol. The average Bonchev–Trinajstić information content (AvgIpc) is 1.88. The van der Waals surface area contributed by atoms with Gasteiger partial charge < -0.3 is 15.9 Å². The second kappa shape index (κ2) is 4.24. The van der Waals surface area contributed by atoms with Crippen LogP contribution in [0, 0.1) is 5.92 Å². The molecule has 0 aromatic rings. The van der Waals surface area contributed by atoms with Gasteiger partial charge in [0.25, 0.3) is 0 Å². The number of carboxylic acids is 1. The van der Waals surface area contributed by atoms with Crippen molar-refractivity contribution in [3.8, 4) is 0 Å². The molecule has 0 saturated heterocycles. The second-order valence-corrected chi connectivity index (χ2v) is 2.16. The molecule has 10 heavy (non-hydrogen) atoms. The minimum absolute atomic E-state index is 0.00958. The molecule has 0 heterocycles. The number of hydrogen-bond acceptors (Lipinski definition) is 3. The maximum absolute atomic E-state index is 10.3. The molecule has 0 bridgehead atoms. The zero-order chi connectivity index (χ0) is 8.15. The molecule has 0 aliphatic heterocycles. The summed E-state index contributed by atoms with van der Waals surface area (Å²) >= 11 is 0. The van der Waals surface area contributed by atoms with Crippen LogP contribution < -0.4 is 5.73 Å². The topological polar surface area (TPSA) is 83.5 Å². The van der Waals surface area contributed by atoms with Gasteiger partial charge in [0.05, 0.1) is 12.0 Å². The number of aliphatic carboxylic acids is 1. The summed E-state index contributed by atoms with van der Waals surface area (Å²) in [4.78, 5) is 10.3. The lowest BCUT2D eigenvalue weighted by Crippen LogP contribution is -2.33. The first-order valence-electron chi connectivity index (χ1n) is 3.24. The van der Waals surface area contributed by atoms with Gasteiger partial charge in [-0.15, -0.1) is 0 Å². The molecular weight excluding hydrogens is 134 g/mol. The third-order valence-electron chi connectivity index (χ3n) is 1.45. The third kappa shape index (κ3) is 2.33. The maximum Gasteiger partial charge on any atom is 0.310 e. The van der Waals surface area contributed by atoms with E-state index in [1.165, 1.54) is 0 Å². The predicted octanol–water partition coefficient (Wildman–Crippen LogP) is -0.583. The van der Waals surface area contributed by atoms with Gasteiger partial charge in [0.2, 0.25) is 0 Å². The number of carboxylic acid groups (broad SMARTS) is 1. The fraction of sp³-hybridized carbons (Fsp3) is 0.833. The molecule has 0 saturated carbocycles. The van der Waals surface area contributed by atoms with Crippen molar-refractivity contribution < 1.29 is 15.0 Å². The molecule has 2 atom stereocenters. The highest BCUT2D eigenvalue weighted by Gasteiger charge is 2.22. The zero-order valence-electron chi connectivity index (χ0n) is 5.95. The summed E-state index contributed by atoms with van der Waals surface area (Å²) in [5.74, 6) is -1.85. The number of rotatable bonds is 4. The molecule has 0 radical (unpaired) electrons. The van der Waals surface area contributed by atoms with E-state index in [4.69, 9.17) is 15.9 Å². The molecule has 4 N–H and O–H groups in total. The summed E-state index contributed by atoms with van der Waals surface area (Å²) in [6, 6.07) is 0. The fourth-order valence-electron chi connectivity index (χ4n) is 0.707. The fourth-order valence-corrected chi connectivity index (χ4v) is 0.707. The van der Waals surface area contributed by atoms with Crippen molar-refractivity contribution in [1.82, 2.24) is 0 Å². The van der Waals surface area contributed by atoms with Gasteiger partial charge in [0.1, 0.15) is 0 Å². The van der Waals surface area contributed by atoms with Crippen molar-refractivity contribution in [1.29, 1.82) is 0 Å². The van der Waals surface area contributed by atoms with Crippen LogP contribution in [0.1, 0.15) is 13.3 Å². The Labute approximate surface area is 59.7 Å². The minimum atomic E-state index is -1.03. The summed E-state index contributed by atoms with van der Waals surface area (Å²) in [5.41, 5.74) is 5.11. The lowest BCUT2D eigenvalue weighted by molar-refractivity contribution is -0.145. The van der Waals surface area contributed by atoms with E-state index in [-0.39, 0.29) is 6.54 Å². The molecule has 0 rings (SSSR count). The Morgan fingerprint density at radius 2 is 2.20 bits per heavy atom. The van der Waals surface area contributed by atoms with E-state index in [0.717, 1.165) is 0 Å². The van der Waals surface area contributed by atoms with E-state index in [0.29, 0.717) is 6.42 Å². The number of hydrogen-bond donors (Lipinski definition) is 3. The lowest BCUT2D eigenvalue weighted by atomic mass is 10.0. The summed E-state index contributed by atoms with van der Waals surface area (Å²) < 4.78 is 0. The van der Waals surface area contributed by atoms with E-state index in [1.54, 1.807) is 6.92 Å². The third-order valence-corrected chi connectivity index (χ3v) is 1.45. The summed E-state index contributed by atoms with van der Waals surface area (Å²) in [6.45, 7) is 1.71. The van der Waals surface area contributed by atoms with Crippen LogP contribution in [0.15, 0.2) is 0 Å². The predicted molar refractivity (Wildman–Crippen MR) is 36.5 cm³/mol. The van der Waals surface area contributed by atoms with Gasteiger partial charge >= 0.3 is 5.97 Å². The quantitative estimate of drug-likeness (QED) is 0.496. The Bertz CT molecular complexity index is 116. The Morgan fingerprint density at radius 3 is 2.30 bits per heavy atom. The van der Waals surface area contributed by atoms with Crippen LogP contribution >= 0.6 is 0 Å². The minimum Gasteiger partial charge on any atom is -0.481 e. The van der Waals surface area contributed by atoms with E-state index in [9.17, 15) is 4.79 Å². The van der Waals surface area contributed by atoms with Crippen LogP contribution in [-0.2, 0) is 4.79 Å². The Balaban J connectivity index is 3.92. The highest BCUT2D eigenvalue weighted by atomic mass is 16.4.